The number of rotatable bonds is 9. The van der Waals surface area contributed by atoms with E-state index in [1.807, 2.05) is 20.8 Å². The Balaban J connectivity index is 3.75. The molecule has 0 aliphatic heterocycles. The molecule has 0 spiro atoms. The number of carbonyl (C=O) groups excluding carboxylic acids is 1. The predicted octanol–water partition coefficient (Wildman–Crippen LogP) is 0.483. The molecule has 0 fully saturated rings. The van der Waals surface area contributed by atoms with E-state index in [1.165, 1.54) is 0 Å². The van der Waals surface area contributed by atoms with Gasteiger partial charge < -0.3 is 20.1 Å². The predicted molar refractivity (Wildman–Crippen MR) is 67.8 cm³/mol. The molecule has 0 saturated carbocycles. The Morgan fingerprint density at radius 2 is 1.88 bits per heavy atom. The highest BCUT2D eigenvalue weighted by Crippen LogP contribution is 2.13. The van der Waals surface area contributed by atoms with E-state index in [4.69, 9.17) is 15.2 Å². The van der Waals surface area contributed by atoms with E-state index in [9.17, 15) is 4.79 Å². The van der Waals surface area contributed by atoms with Crippen molar-refractivity contribution < 1.29 is 14.3 Å². The van der Waals surface area contributed by atoms with Crippen molar-refractivity contribution in [2.75, 3.05) is 46.6 Å². The van der Waals surface area contributed by atoms with Crippen molar-refractivity contribution in [1.82, 2.24) is 4.90 Å². The third kappa shape index (κ3) is 8.12. The number of nitrogens with two attached hydrogens (primary N) is 1. The largest absolute Gasteiger partial charge is 0.379 e. The van der Waals surface area contributed by atoms with Crippen molar-refractivity contribution >= 4 is 5.91 Å². The molecule has 0 aliphatic rings. The van der Waals surface area contributed by atoms with Gasteiger partial charge in [-0.05, 0) is 18.9 Å². The van der Waals surface area contributed by atoms with Gasteiger partial charge in [0.05, 0.1) is 13.2 Å². The Labute approximate surface area is 104 Å². The fourth-order valence-electron chi connectivity index (χ4n) is 1.33. The number of amides is 1. The van der Waals surface area contributed by atoms with Crippen molar-refractivity contribution in [3.05, 3.63) is 0 Å². The topological polar surface area (TPSA) is 64.8 Å². The second kappa shape index (κ2) is 8.44. The standard InChI is InChI=1S/C12H26N2O3/c1-5-16-6-7-17-8-11(15)14(4)10-12(2,3)9-13/h5-10,13H2,1-4H3. The molecule has 1 amide bonds. The molecule has 2 N–H and O–H groups in total. The van der Waals surface area contributed by atoms with E-state index in [1.54, 1.807) is 11.9 Å². The van der Waals surface area contributed by atoms with Crippen LogP contribution in [-0.2, 0) is 14.3 Å². The molecule has 0 rings (SSSR count). The van der Waals surface area contributed by atoms with Crippen LogP contribution in [0.15, 0.2) is 0 Å². The maximum atomic E-state index is 11.7. The van der Waals surface area contributed by atoms with Gasteiger partial charge in [-0.2, -0.15) is 0 Å². The summed E-state index contributed by atoms with van der Waals surface area (Å²) in [5.74, 6) is -0.0250. The van der Waals surface area contributed by atoms with Crippen LogP contribution in [-0.4, -0.2) is 57.4 Å². The molecule has 0 aromatic rings. The summed E-state index contributed by atoms with van der Waals surface area (Å²) in [6, 6.07) is 0. The maximum absolute atomic E-state index is 11.7. The van der Waals surface area contributed by atoms with E-state index >= 15 is 0 Å². The van der Waals surface area contributed by atoms with Gasteiger partial charge >= 0.3 is 0 Å². The highest BCUT2D eigenvalue weighted by molar-refractivity contribution is 5.77. The molecular weight excluding hydrogens is 220 g/mol. The minimum atomic E-state index is -0.0598. The summed E-state index contributed by atoms with van der Waals surface area (Å²) >= 11 is 0. The van der Waals surface area contributed by atoms with Crippen LogP contribution < -0.4 is 5.73 Å². The summed E-state index contributed by atoms with van der Waals surface area (Å²) in [6.07, 6.45) is 0. The summed E-state index contributed by atoms with van der Waals surface area (Å²) in [6.45, 7) is 8.93. The van der Waals surface area contributed by atoms with Crippen molar-refractivity contribution in [3.8, 4) is 0 Å². The van der Waals surface area contributed by atoms with Crippen LogP contribution in [0.3, 0.4) is 0 Å². The Morgan fingerprint density at radius 1 is 1.29 bits per heavy atom. The molecule has 17 heavy (non-hydrogen) atoms. The van der Waals surface area contributed by atoms with Gasteiger partial charge in [-0.25, -0.2) is 0 Å². The number of nitrogens with zero attached hydrogens (tertiary/aromatic N) is 1. The summed E-state index contributed by atoms with van der Waals surface area (Å²) < 4.78 is 10.3. The average Bonchev–Trinajstić information content (AvgIpc) is 2.28. The molecule has 0 heterocycles. The van der Waals surface area contributed by atoms with Gasteiger partial charge in [-0.1, -0.05) is 13.8 Å². The zero-order valence-corrected chi connectivity index (χ0v) is 11.5. The number of hydrogen-bond donors (Lipinski definition) is 1. The van der Waals surface area contributed by atoms with E-state index < -0.39 is 0 Å². The lowest BCUT2D eigenvalue weighted by molar-refractivity contribution is -0.136. The number of likely N-dealkylation sites (N-methyl/N-ethyl adjacent to an activating group) is 1. The smallest absolute Gasteiger partial charge is 0.248 e. The zero-order chi connectivity index (χ0) is 13.3. The SMILES string of the molecule is CCOCCOCC(=O)N(C)CC(C)(C)CN. The first-order chi connectivity index (χ1) is 7.93. The van der Waals surface area contributed by atoms with Crippen molar-refractivity contribution in [1.29, 1.82) is 0 Å². The Bertz CT molecular complexity index is 220. The summed E-state index contributed by atoms with van der Waals surface area (Å²) in [5, 5.41) is 0. The molecule has 0 aromatic heterocycles. The van der Waals surface area contributed by atoms with Crippen LogP contribution in [0.2, 0.25) is 0 Å². The molecule has 0 atom stereocenters. The number of carbonyl (C=O) groups is 1. The van der Waals surface area contributed by atoms with Crippen molar-refractivity contribution in [2.45, 2.75) is 20.8 Å². The van der Waals surface area contributed by atoms with Crippen LogP contribution in [0.1, 0.15) is 20.8 Å². The molecule has 0 radical (unpaired) electrons. The lowest BCUT2D eigenvalue weighted by atomic mass is 9.93. The Morgan fingerprint density at radius 3 is 2.41 bits per heavy atom. The maximum Gasteiger partial charge on any atom is 0.248 e. The van der Waals surface area contributed by atoms with Gasteiger partial charge in [0.1, 0.15) is 6.61 Å². The van der Waals surface area contributed by atoms with Gasteiger partial charge in [-0.3, -0.25) is 4.79 Å². The van der Waals surface area contributed by atoms with Gasteiger partial charge in [0, 0.05) is 20.2 Å². The average molecular weight is 246 g/mol. The highest BCUT2D eigenvalue weighted by Gasteiger charge is 2.20. The van der Waals surface area contributed by atoms with Crippen LogP contribution in [0.4, 0.5) is 0 Å². The van der Waals surface area contributed by atoms with Gasteiger partial charge in [-0.15, -0.1) is 0 Å². The molecule has 102 valence electrons. The van der Waals surface area contributed by atoms with E-state index in [-0.39, 0.29) is 17.9 Å². The second-order valence-electron chi connectivity index (χ2n) is 4.87. The van der Waals surface area contributed by atoms with E-state index in [2.05, 4.69) is 0 Å². The lowest BCUT2D eigenvalue weighted by Gasteiger charge is -2.28. The third-order valence-electron chi connectivity index (χ3n) is 2.45. The summed E-state index contributed by atoms with van der Waals surface area (Å²) in [5.41, 5.74) is 5.56. The van der Waals surface area contributed by atoms with E-state index in [0.717, 1.165) is 0 Å². The molecule has 0 bridgehead atoms. The van der Waals surface area contributed by atoms with Crippen molar-refractivity contribution in [2.24, 2.45) is 11.1 Å². The normalized spacial score (nSPS) is 11.6. The first-order valence-corrected chi connectivity index (χ1v) is 6.02. The van der Waals surface area contributed by atoms with Gasteiger partial charge in [0.2, 0.25) is 5.91 Å². The zero-order valence-electron chi connectivity index (χ0n) is 11.5. The highest BCUT2D eigenvalue weighted by atomic mass is 16.5. The van der Waals surface area contributed by atoms with Crippen molar-refractivity contribution in [3.63, 3.8) is 0 Å². The molecule has 0 aliphatic carbocycles. The van der Waals surface area contributed by atoms with Crippen LogP contribution in [0, 0.1) is 5.41 Å². The summed E-state index contributed by atoms with van der Waals surface area (Å²) in [7, 11) is 1.77. The Kier molecular flexibility index (Phi) is 8.12. The van der Waals surface area contributed by atoms with Gasteiger partial charge in [0.15, 0.2) is 0 Å². The van der Waals surface area contributed by atoms with Crippen LogP contribution >= 0.6 is 0 Å². The van der Waals surface area contributed by atoms with E-state index in [0.29, 0.717) is 32.9 Å². The molecular formula is C12H26N2O3. The summed E-state index contributed by atoms with van der Waals surface area (Å²) in [4.78, 5) is 13.3. The number of hydrogen-bond acceptors (Lipinski definition) is 4. The fourth-order valence-corrected chi connectivity index (χ4v) is 1.33. The Hall–Kier alpha value is -0.650. The second-order valence-corrected chi connectivity index (χ2v) is 4.87. The third-order valence-corrected chi connectivity index (χ3v) is 2.45. The lowest BCUT2D eigenvalue weighted by Crippen LogP contribution is -2.41. The first kappa shape index (κ1) is 16.4. The quantitative estimate of drug-likeness (QED) is 0.601. The molecule has 0 unspecified atom stereocenters. The molecule has 0 saturated heterocycles. The van der Waals surface area contributed by atoms with Crippen LogP contribution in [0.25, 0.3) is 0 Å². The van der Waals surface area contributed by atoms with Gasteiger partial charge in [0.25, 0.3) is 0 Å². The molecule has 0 aromatic carbocycles. The monoisotopic (exact) mass is 246 g/mol. The molecule has 5 nitrogen and oxygen atoms in total. The minimum Gasteiger partial charge on any atom is -0.379 e. The molecule has 5 heteroatoms. The minimum absolute atomic E-state index is 0.0250. The van der Waals surface area contributed by atoms with Crippen LogP contribution in [0.5, 0.6) is 0 Å². The number of ether oxygens (including phenoxy) is 2. The fraction of sp³-hybridized carbons (Fsp3) is 0.917. The first-order valence-electron chi connectivity index (χ1n) is 6.02.